The maximum Gasteiger partial charge on any atom is 0.237 e. The minimum Gasteiger partial charge on any atom is -0.497 e. The highest BCUT2D eigenvalue weighted by Gasteiger charge is 2.22. The second kappa shape index (κ2) is 13.8. The van der Waals surface area contributed by atoms with E-state index in [0.717, 1.165) is 16.0 Å². The summed E-state index contributed by atoms with van der Waals surface area (Å²) in [6, 6.07) is 32.1. The summed E-state index contributed by atoms with van der Waals surface area (Å²) >= 11 is 2.78. The minimum atomic E-state index is -0.571. The highest BCUT2D eigenvalue weighted by molar-refractivity contribution is 8.00. The second-order valence-electron chi connectivity index (χ2n) is 9.48. The predicted octanol–water partition coefficient (Wildman–Crippen LogP) is 8.37. The Kier molecular flexibility index (Phi) is 9.47. The fraction of sp³-hybridized carbons (Fsp3) is 0.0857. The monoisotopic (exact) mass is 601 g/mol. The molecule has 3 aromatic carbocycles. The predicted molar refractivity (Wildman–Crippen MR) is 174 cm³/mol. The molecular weight excluding hydrogens is 575 g/mol. The van der Waals surface area contributed by atoms with Crippen LogP contribution in [0.3, 0.4) is 0 Å². The van der Waals surface area contributed by atoms with Crippen LogP contribution in [0.5, 0.6) is 5.75 Å². The zero-order chi connectivity index (χ0) is 30.2. The first-order valence-electron chi connectivity index (χ1n) is 13.4. The molecule has 0 spiro atoms. The number of carbonyl (C=O) groups is 2. The maximum atomic E-state index is 13.2. The molecule has 0 radical (unpaired) electrons. The standard InChI is InChI=1S/C35H27N3O3S2/c1-23(34(40)37-27-15-13-25(14-16-27)33(39)18-17-29-12-7-19-42-29)43-35-31(22-36)30(26-10-6-11-28(20-26)41-2)21-32(38-35)24-8-4-3-5-9-24/h3-21,23H,1-2H3,(H,37,40)/b18-17+/t23-/m1/s1. The normalized spacial score (nSPS) is 11.6. The van der Waals surface area contributed by atoms with Crippen LogP contribution in [0.1, 0.15) is 27.7 Å². The van der Waals surface area contributed by atoms with Gasteiger partial charge in [0.2, 0.25) is 5.91 Å². The number of nitrogens with one attached hydrogen (secondary N) is 1. The number of pyridine rings is 1. The highest BCUT2D eigenvalue weighted by Crippen LogP contribution is 2.37. The van der Waals surface area contributed by atoms with Crippen molar-refractivity contribution in [3.8, 4) is 34.2 Å². The first kappa shape index (κ1) is 29.5. The number of nitriles is 1. The van der Waals surface area contributed by atoms with Gasteiger partial charge in [-0.2, -0.15) is 5.26 Å². The number of ether oxygens (including phenoxy) is 1. The van der Waals surface area contributed by atoms with E-state index in [0.29, 0.717) is 38.8 Å². The van der Waals surface area contributed by atoms with Gasteiger partial charge in [-0.25, -0.2) is 4.98 Å². The van der Waals surface area contributed by atoms with Crippen LogP contribution < -0.4 is 10.1 Å². The molecule has 0 saturated heterocycles. The van der Waals surface area contributed by atoms with Crippen molar-refractivity contribution >= 4 is 46.6 Å². The number of nitrogens with zero attached hydrogens (tertiary/aromatic N) is 2. The van der Waals surface area contributed by atoms with E-state index in [4.69, 9.17) is 9.72 Å². The fourth-order valence-electron chi connectivity index (χ4n) is 4.31. The molecule has 0 aliphatic rings. The van der Waals surface area contributed by atoms with Gasteiger partial charge in [0.15, 0.2) is 5.78 Å². The Balaban J connectivity index is 1.37. The number of amides is 1. The van der Waals surface area contributed by atoms with Gasteiger partial charge in [0.25, 0.3) is 0 Å². The van der Waals surface area contributed by atoms with Gasteiger partial charge in [0, 0.05) is 27.3 Å². The third-order valence-corrected chi connectivity index (χ3v) is 8.51. The van der Waals surface area contributed by atoms with Crippen LogP contribution in [0, 0.1) is 11.3 Å². The molecule has 0 fully saturated rings. The van der Waals surface area contributed by atoms with E-state index in [2.05, 4.69) is 11.4 Å². The number of anilines is 1. The molecule has 5 rings (SSSR count). The first-order valence-corrected chi connectivity index (χ1v) is 15.2. The molecule has 212 valence electrons. The van der Waals surface area contributed by atoms with Crippen molar-refractivity contribution in [2.75, 3.05) is 12.4 Å². The van der Waals surface area contributed by atoms with Crippen molar-refractivity contribution in [3.63, 3.8) is 0 Å². The number of thiophene rings is 1. The molecule has 1 atom stereocenters. The molecule has 2 aromatic heterocycles. The van der Waals surface area contributed by atoms with Crippen LogP contribution >= 0.6 is 23.1 Å². The molecule has 0 aliphatic carbocycles. The van der Waals surface area contributed by atoms with Crippen LogP contribution in [-0.2, 0) is 4.79 Å². The lowest BCUT2D eigenvalue weighted by molar-refractivity contribution is -0.115. The zero-order valence-corrected chi connectivity index (χ0v) is 25.1. The summed E-state index contributed by atoms with van der Waals surface area (Å²) in [6.07, 6.45) is 3.33. The van der Waals surface area contributed by atoms with Gasteiger partial charge in [-0.1, -0.05) is 60.3 Å². The first-order chi connectivity index (χ1) is 20.9. The van der Waals surface area contributed by atoms with Crippen molar-refractivity contribution in [1.29, 1.82) is 5.26 Å². The summed E-state index contributed by atoms with van der Waals surface area (Å²) in [5.41, 5.74) is 4.60. The van der Waals surface area contributed by atoms with Crippen molar-refractivity contribution < 1.29 is 14.3 Å². The number of methoxy groups -OCH3 is 1. The Labute approximate surface area is 258 Å². The molecule has 43 heavy (non-hydrogen) atoms. The third kappa shape index (κ3) is 7.28. The molecule has 1 amide bonds. The second-order valence-corrected chi connectivity index (χ2v) is 11.8. The number of rotatable bonds is 10. The molecule has 8 heteroatoms. The lowest BCUT2D eigenvalue weighted by atomic mass is 9.99. The molecule has 0 bridgehead atoms. The number of hydrogen-bond donors (Lipinski definition) is 1. The molecule has 2 heterocycles. The van der Waals surface area contributed by atoms with E-state index in [9.17, 15) is 14.9 Å². The van der Waals surface area contributed by atoms with E-state index >= 15 is 0 Å². The SMILES string of the molecule is COc1cccc(-c2cc(-c3ccccc3)nc(S[C@H](C)C(=O)Nc3ccc(C(=O)/C=C/c4cccs4)cc3)c2C#N)c1. The highest BCUT2D eigenvalue weighted by atomic mass is 32.2. The Morgan fingerprint density at radius 1 is 0.977 bits per heavy atom. The van der Waals surface area contributed by atoms with Gasteiger partial charge < -0.3 is 10.1 Å². The lowest BCUT2D eigenvalue weighted by Crippen LogP contribution is -2.22. The molecule has 5 aromatic rings. The number of benzene rings is 3. The van der Waals surface area contributed by atoms with Gasteiger partial charge >= 0.3 is 0 Å². The lowest BCUT2D eigenvalue weighted by Gasteiger charge is -2.16. The quantitative estimate of drug-likeness (QED) is 0.0982. The number of thioether (sulfide) groups is 1. The number of carbonyl (C=O) groups excluding carboxylic acids is 2. The molecule has 6 nitrogen and oxygen atoms in total. The number of aromatic nitrogens is 1. The summed E-state index contributed by atoms with van der Waals surface area (Å²) < 4.78 is 5.42. The summed E-state index contributed by atoms with van der Waals surface area (Å²) in [7, 11) is 1.60. The smallest absolute Gasteiger partial charge is 0.237 e. The average molecular weight is 602 g/mol. The van der Waals surface area contributed by atoms with Gasteiger partial charge in [-0.15, -0.1) is 11.3 Å². The van der Waals surface area contributed by atoms with Crippen molar-refractivity contribution in [1.82, 2.24) is 4.98 Å². The topological polar surface area (TPSA) is 92.1 Å². The Hall–Kier alpha value is -4.97. The van der Waals surface area contributed by atoms with Crippen LogP contribution in [0.2, 0.25) is 0 Å². The number of allylic oxidation sites excluding steroid dienone is 1. The number of ketones is 1. The van der Waals surface area contributed by atoms with Crippen molar-refractivity contribution in [2.24, 2.45) is 0 Å². The molecule has 1 N–H and O–H groups in total. The van der Waals surface area contributed by atoms with Gasteiger partial charge in [0.1, 0.15) is 16.8 Å². The fourth-order valence-corrected chi connectivity index (χ4v) is 5.86. The molecule has 0 aliphatic heterocycles. The van der Waals surface area contributed by atoms with Gasteiger partial charge in [-0.3, -0.25) is 9.59 Å². The third-order valence-electron chi connectivity index (χ3n) is 6.59. The van der Waals surface area contributed by atoms with Gasteiger partial charge in [0.05, 0.1) is 23.6 Å². The molecule has 0 unspecified atom stereocenters. The van der Waals surface area contributed by atoms with Crippen LogP contribution in [-0.4, -0.2) is 29.0 Å². The Bertz CT molecular complexity index is 1810. The van der Waals surface area contributed by atoms with E-state index in [1.807, 2.05) is 78.2 Å². The van der Waals surface area contributed by atoms with E-state index in [1.165, 1.54) is 11.8 Å². The summed E-state index contributed by atoms with van der Waals surface area (Å²) in [4.78, 5) is 31.6. The minimum absolute atomic E-state index is 0.115. The summed E-state index contributed by atoms with van der Waals surface area (Å²) in [6.45, 7) is 1.77. The van der Waals surface area contributed by atoms with E-state index < -0.39 is 5.25 Å². The average Bonchev–Trinajstić information content (AvgIpc) is 3.58. The Morgan fingerprint density at radius 2 is 1.74 bits per heavy atom. The van der Waals surface area contributed by atoms with Crippen molar-refractivity contribution in [3.05, 3.63) is 125 Å². The van der Waals surface area contributed by atoms with Crippen LogP contribution in [0.15, 0.2) is 114 Å². The Morgan fingerprint density at radius 3 is 2.44 bits per heavy atom. The van der Waals surface area contributed by atoms with Crippen molar-refractivity contribution in [2.45, 2.75) is 17.2 Å². The largest absolute Gasteiger partial charge is 0.497 e. The molecular formula is C35H27N3O3S2. The number of hydrogen-bond acceptors (Lipinski definition) is 7. The summed E-state index contributed by atoms with van der Waals surface area (Å²) in [5, 5.41) is 15.0. The zero-order valence-electron chi connectivity index (χ0n) is 23.5. The molecule has 0 saturated carbocycles. The van der Waals surface area contributed by atoms with E-state index in [1.54, 1.807) is 61.8 Å². The van der Waals surface area contributed by atoms with E-state index in [-0.39, 0.29) is 11.7 Å². The van der Waals surface area contributed by atoms with Gasteiger partial charge in [-0.05, 0) is 78.6 Å². The maximum absolute atomic E-state index is 13.2. The summed E-state index contributed by atoms with van der Waals surface area (Å²) in [5.74, 6) is 0.309. The van der Waals surface area contributed by atoms with Crippen LogP contribution in [0.25, 0.3) is 28.5 Å². The van der Waals surface area contributed by atoms with Crippen LogP contribution in [0.4, 0.5) is 5.69 Å².